The highest BCUT2D eigenvalue weighted by Crippen LogP contribution is 2.30. The number of carbonyl (C=O) groups excluding carboxylic acids is 1. The molecule has 0 bridgehead atoms. The van der Waals surface area contributed by atoms with Crippen molar-refractivity contribution in [1.82, 2.24) is 18.7 Å². The van der Waals surface area contributed by atoms with Crippen LogP contribution in [0.5, 0.6) is 0 Å². The van der Waals surface area contributed by atoms with Crippen LogP contribution in [0.2, 0.25) is 0 Å². The highest BCUT2D eigenvalue weighted by atomic mass is 32.1. The fourth-order valence-corrected chi connectivity index (χ4v) is 4.63. The standard InChI is InChI=1S/C23H25N5O2S/c1-5-11-27-15(2)13-17(16(27)3)18-14-31-22(24-18)25-21(29)10-12-28-20-9-7-6-8-19(20)26(4)23(28)30/h5-9,13-14H,1,10-12H2,2-4H3,(H,24,25,29). The predicted molar refractivity (Wildman–Crippen MR) is 126 cm³/mol. The number of hydrogen-bond donors (Lipinski definition) is 1. The Bertz CT molecular complexity index is 1340. The molecule has 3 heterocycles. The summed E-state index contributed by atoms with van der Waals surface area (Å²) in [7, 11) is 1.74. The molecule has 3 aromatic heterocycles. The summed E-state index contributed by atoms with van der Waals surface area (Å²) in [4.78, 5) is 29.6. The summed E-state index contributed by atoms with van der Waals surface area (Å²) in [6, 6.07) is 9.68. The van der Waals surface area contributed by atoms with E-state index >= 15 is 0 Å². The maximum absolute atomic E-state index is 12.5. The van der Waals surface area contributed by atoms with Gasteiger partial charge in [0.1, 0.15) is 0 Å². The van der Waals surface area contributed by atoms with E-state index in [2.05, 4.69) is 41.4 Å². The Morgan fingerprint density at radius 2 is 1.97 bits per heavy atom. The third kappa shape index (κ3) is 3.86. The van der Waals surface area contributed by atoms with Crippen LogP contribution in [0.25, 0.3) is 22.3 Å². The van der Waals surface area contributed by atoms with Gasteiger partial charge in [0.25, 0.3) is 0 Å². The zero-order valence-electron chi connectivity index (χ0n) is 17.9. The molecule has 0 saturated carbocycles. The number of nitrogens with zero attached hydrogens (tertiary/aromatic N) is 4. The van der Waals surface area contributed by atoms with Crippen LogP contribution < -0.4 is 11.0 Å². The van der Waals surface area contributed by atoms with Crippen molar-refractivity contribution >= 4 is 33.4 Å². The Morgan fingerprint density at radius 3 is 2.71 bits per heavy atom. The van der Waals surface area contributed by atoms with E-state index in [1.807, 2.05) is 35.7 Å². The van der Waals surface area contributed by atoms with E-state index in [1.165, 1.54) is 11.3 Å². The predicted octanol–water partition coefficient (Wildman–Crippen LogP) is 4.10. The Morgan fingerprint density at radius 1 is 1.23 bits per heavy atom. The lowest BCUT2D eigenvalue weighted by atomic mass is 10.2. The molecule has 0 aliphatic carbocycles. The molecule has 0 atom stereocenters. The lowest BCUT2D eigenvalue weighted by Gasteiger charge is -2.05. The Kier molecular flexibility index (Phi) is 5.65. The second-order valence-electron chi connectivity index (χ2n) is 7.50. The summed E-state index contributed by atoms with van der Waals surface area (Å²) < 4.78 is 5.42. The number of imidazole rings is 1. The van der Waals surface area contributed by atoms with Gasteiger partial charge in [-0.2, -0.15) is 0 Å². The van der Waals surface area contributed by atoms with Gasteiger partial charge in [-0.15, -0.1) is 17.9 Å². The number of benzene rings is 1. The van der Waals surface area contributed by atoms with Crippen LogP contribution in [0, 0.1) is 13.8 Å². The minimum Gasteiger partial charge on any atom is -0.345 e. The van der Waals surface area contributed by atoms with Crippen molar-refractivity contribution < 1.29 is 4.79 Å². The summed E-state index contributed by atoms with van der Waals surface area (Å²) >= 11 is 1.40. The molecule has 4 aromatic rings. The molecule has 1 amide bonds. The molecule has 1 N–H and O–H groups in total. The van der Waals surface area contributed by atoms with Crippen molar-refractivity contribution in [2.24, 2.45) is 7.05 Å². The van der Waals surface area contributed by atoms with Crippen LogP contribution >= 0.6 is 11.3 Å². The molecule has 8 heteroatoms. The minimum atomic E-state index is -0.169. The van der Waals surface area contributed by atoms with Crippen molar-refractivity contribution in [3.05, 3.63) is 70.2 Å². The van der Waals surface area contributed by atoms with Gasteiger partial charge in [-0.1, -0.05) is 18.2 Å². The smallest absolute Gasteiger partial charge is 0.328 e. The molecular formula is C23H25N5O2S. The van der Waals surface area contributed by atoms with Gasteiger partial charge in [0.2, 0.25) is 5.91 Å². The van der Waals surface area contributed by atoms with Gasteiger partial charge in [0.05, 0.1) is 16.7 Å². The van der Waals surface area contributed by atoms with Gasteiger partial charge in [-0.25, -0.2) is 9.78 Å². The van der Waals surface area contributed by atoms with E-state index in [0.717, 1.165) is 40.2 Å². The Hall–Kier alpha value is -3.39. The Labute approximate surface area is 184 Å². The SMILES string of the molecule is C=CCn1c(C)cc(-c2csc(NC(=O)CCn3c(=O)n(C)c4ccccc43)n2)c1C. The second kappa shape index (κ2) is 8.39. The van der Waals surface area contributed by atoms with E-state index in [0.29, 0.717) is 11.7 Å². The summed E-state index contributed by atoms with van der Waals surface area (Å²) in [5.74, 6) is -0.169. The molecule has 0 spiro atoms. The normalized spacial score (nSPS) is 11.2. The number of carbonyl (C=O) groups is 1. The largest absolute Gasteiger partial charge is 0.345 e. The third-order valence-electron chi connectivity index (χ3n) is 5.53. The first-order valence-electron chi connectivity index (χ1n) is 10.1. The van der Waals surface area contributed by atoms with Crippen molar-refractivity contribution in [1.29, 1.82) is 0 Å². The number of aryl methyl sites for hydroxylation is 3. The van der Waals surface area contributed by atoms with Crippen LogP contribution in [0.1, 0.15) is 17.8 Å². The highest BCUT2D eigenvalue weighted by molar-refractivity contribution is 7.14. The number of rotatable bonds is 7. The summed E-state index contributed by atoms with van der Waals surface area (Å²) in [5.41, 5.74) is 5.72. The summed E-state index contributed by atoms with van der Waals surface area (Å²) in [5, 5.41) is 5.37. The average molecular weight is 436 g/mol. The summed E-state index contributed by atoms with van der Waals surface area (Å²) in [6.07, 6.45) is 2.06. The van der Waals surface area contributed by atoms with E-state index in [1.54, 1.807) is 16.2 Å². The lowest BCUT2D eigenvalue weighted by Crippen LogP contribution is -2.24. The van der Waals surface area contributed by atoms with Crippen LogP contribution in [0.3, 0.4) is 0 Å². The molecule has 7 nitrogen and oxygen atoms in total. The van der Waals surface area contributed by atoms with Gasteiger partial charge in [-0.3, -0.25) is 13.9 Å². The number of aromatic nitrogens is 4. The zero-order chi connectivity index (χ0) is 22.1. The number of anilines is 1. The van der Waals surface area contributed by atoms with Crippen molar-refractivity contribution in [3.8, 4) is 11.3 Å². The molecule has 0 radical (unpaired) electrons. The number of para-hydroxylation sites is 2. The number of hydrogen-bond acceptors (Lipinski definition) is 4. The molecule has 0 fully saturated rings. The molecular weight excluding hydrogens is 410 g/mol. The topological polar surface area (TPSA) is 73.8 Å². The molecule has 4 rings (SSSR count). The molecule has 160 valence electrons. The molecule has 0 unspecified atom stereocenters. The quantitative estimate of drug-likeness (QED) is 0.444. The molecule has 0 saturated heterocycles. The fraction of sp³-hybridized carbons (Fsp3) is 0.261. The maximum atomic E-state index is 12.5. The Balaban J connectivity index is 1.46. The van der Waals surface area contributed by atoms with Crippen molar-refractivity contribution in [2.75, 3.05) is 5.32 Å². The second-order valence-corrected chi connectivity index (χ2v) is 8.36. The van der Waals surface area contributed by atoms with Gasteiger partial charge in [-0.05, 0) is 32.0 Å². The number of amides is 1. The van der Waals surface area contributed by atoms with Crippen LogP contribution in [-0.4, -0.2) is 24.6 Å². The van der Waals surface area contributed by atoms with Crippen molar-refractivity contribution in [2.45, 2.75) is 33.4 Å². The van der Waals surface area contributed by atoms with Gasteiger partial charge >= 0.3 is 5.69 Å². The molecule has 31 heavy (non-hydrogen) atoms. The van der Waals surface area contributed by atoms with E-state index in [9.17, 15) is 9.59 Å². The molecule has 0 aliphatic rings. The van der Waals surface area contributed by atoms with Crippen molar-refractivity contribution in [3.63, 3.8) is 0 Å². The van der Waals surface area contributed by atoms with Gasteiger partial charge in [0, 0.05) is 48.9 Å². The highest BCUT2D eigenvalue weighted by Gasteiger charge is 2.15. The van der Waals surface area contributed by atoms with Gasteiger partial charge in [0.15, 0.2) is 5.13 Å². The molecule has 1 aromatic carbocycles. The average Bonchev–Trinajstić information content (AvgIpc) is 3.39. The zero-order valence-corrected chi connectivity index (χ0v) is 18.7. The van der Waals surface area contributed by atoms with E-state index in [4.69, 9.17) is 0 Å². The number of nitrogens with one attached hydrogen (secondary N) is 1. The molecule has 0 aliphatic heterocycles. The fourth-order valence-electron chi connectivity index (χ4n) is 3.90. The van der Waals surface area contributed by atoms with Crippen LogP contribution in [0.4, 0.5) is 5.13 Å². The van der Waals surface area contributed by atoms with E-state index in [-0.39, 0.29) is 18.0 Å². The summed E-state index contributed by atoms with van der Waals surface area (Å²) in [6.45, 7) is 9.00. The minimum absolute atomic E-state index is 0.125. The van der Waals surface area contributed by atoms with Crippen LogP contribution in [-0.2, 0) is 24.9 Å². The third-order valence-corrected chi connectivity index (χ3v) is 6.28. The maximum Gasteiger partial charge on any atom is 0.328 e. The van der Waals surface area contributed by atoms with Gasteiger partial charge < -0.3 is 9.88 Å². The first-order chi connectivity index (χ1) is 14.9. The van der Waals surface area contributed by atoms with E-state index < -0.39 is 0 Å². The van der Waals surface area contributed by atoms with Crippen LogP contribution in [0.15, 0.2) is 53.2 Å². The first-order valence-corrected chi connectivity index (χ1v) is 11.0. The monoisotopic (exact) mass is 435 g/mol. The lowest BCUT2D eigenvalue weighted by molar-refractivity contribution is -0.116. The number of allylic oxidation sites excluding steroid dienone is 1. The first kappa shape index (κ1) is 20.9. The number of fused-ring (bicyclic) bond motifs is 1. The number of thiazole rings is 1.